The molecular formula is C43H81NO2. The van der Waals surface area contributed by atoms with Crippen molar-refractivity contribution in [1.82, 2.24) is 4.90 Å². The Kier molecular flexibility index (Phi) is 35.7. The molecule has 0 aromatic heterocycles. The fourth-order valence-electron chi connectivity index (χ4n) is 5.94. The molecule has 0 aliphatic carbocycles. The Morgan fingerprint density at radius 3 is 1.24 bits per heavy atom. The first kappa shape index (κ1) is 44.8. The van der Waals surface area contributed by atoms with Gasteiger partial charge in [0.05, 0.1) is 18.8 Å². The summed E-state index contributed by atoms with van der Waals surface area (Å²) in [6.07, 6.45) is 53.0. The number of unbranched alkanes of at least 4 members (excludes halogenated alkanes) is 20. The van der Waals surface area contributed by atoms with Crippen LogP contribution in [0.1, 0.15) is 187 Å². The molecule has 0 aromatic carbocycles. The van der Waals surface area contributed by atoms with Crippen molar-refractivity contribution in [2.45, 2.75) is 193 Å². The quantitative estimate of drug-likeness (QED) is 0.0544. The van der Waals surface area contributed by atoms with Gasteiger partial charge in [-0.25, -0.2) is 0 Å². The van der Waals surface area contributed by atoms with E-state index < -0.39 is 0 Å². The van der Waals surface area contributed by atoms with E-state index in [0.717, 1.165) is 32.3 Å². The molecule has 0 radical (unpaired) electrons. The molecule has 0 aliphatic rings. The monoisotopic (exact) mass is 644 g/mol. The van der Waals surface area contributed by atoms with Gasteiger partial charge in [0.2, 0.25) is 0 Å². The highest BCUT2D eigenvalue weighted by Crippen LogP contribution is 2.22. The minimum atomic E-state index is -0.239. The molecule has 1 atom stereocenters. The third-order valence-corrected chi connectivity index (χ3v) is 9.45. The lowest BCUT2D eigenvalue weighted by atomic mass is 9.92. The third-order valence-electron chi connectivity index (χ3n) is 9.45. The van der Waals surface area contributed by atoms with Gasteiger partial charge in [-0.05, 0) is 91.1 Å². The number of hydrogen-bond acceptors (Lipinski definition) is 3. The average Bonchev–Trinajstić information content (AvgIpc) is 3.06. The average molecular weight is 644 g/mol. The molecule has 3 heteroatoms. The van der Waals surface area contributed by atoms with Crippen molar-refractivity contribution in [3.63, 3.8) is 0 Å². The minimum Gasteiger partial charge on any atom is -0.394 e. The van der Waals surface area contributed by atoms with Crippen LogP contribution in [-0.2, 0) is 4.74 Å². The molecule has 46 heavy (non-hydrogen) atoms. The van der Waals surface area contributed by atoms with Gasteiger partial charge in [-0.1, -0.05) is 159 Å². The molecule has 3 nitrogen and oxygen atoms in total. The zero-order chi connectivity index (χ0) is 33.7. The molecule has 1 unspecified atom stereocenters. The van der Waals surface area contributed by atoms with Gasteiger partial charge in [0.15, 0.2) is 0 Å². The Balaban J connectivity index is 3.72. The summed E-state index contributed by atoms with van der Waals surface area (Å²) >= 11 is 0. The molecule has 0 aromatic rings. The first-order chi connectivity index (χ1) is 22.6. The minimum absolute atomic E-state index is 0.174. The summed E-state index contributed by atoms with van der Waals surface area (Å²) in [7, 11) is 4.20. The van der Waals surface area contributed by atoms with Crippen LogP contribution in [0, 0.1) is 0 Å². The van der Waals surface area contributed by atoms with Crippen LogP contribution in [0.4, 0.5) is 0 Å². The van der Waals surface area contributed by atoms with Gasteiger partial charge in [-0.2, -0.15) is 0 Å². The predicted octanol–water partition coefficient (Wildman–Crippen LogP) is 13.1. The second-order valence-electron chi connectivity index (χ2n) is 14.0. The maximum Gasteiger partial charge on any atom is 0.0672 e. The Morgan fingerprint density at radius 1 is 0.478 bits per heavy atom. The van der Waals surface area contributed by atoms with Crippen LogP contribution in [0.15, 0.2) is 48.6 Å². The predicted molar refractivity (Wildman–Crippen MR) is 207 cm³/mol. The summed E-state index contributed by atoms with van der Waals surface area (Å²) < 4.78 is 6.13. The van der Waals surface area contributed by atoms with E-state index >= 15 is 0 Å². The number of likely N-dealkylation sites (N-methyl/N-ethyl adjacent to an activating group) is 1. The molecule has 270 valence electrons. The molecule has 0 bridgehead atoms. The van der Waals surface area contributed by atoms with Gasteiger partial charge in [-0.15, -0.1) is 0 Å². The SMILES string of the molecule is CCCCC/C=C\C/C=C\CCCCCCCCCCC(CO)(COCCCCCCCC/C=C\C/C=C\CCCCC)N(C)C. The molecular weight excluding hydrogens is 562 g/mol. The van der Waals surface area contributed by atoms with Crippen molar-refractivity contribution in [2.75, 3.05) is 33.9 Å². The second-order valence-corrected chi connectivity index (χ2v) is 14.0. The number of hydrogen-bond donors (Lipinski definition) is 1. The van der Waals surface area contributed by atoms with E-state index in [1.54, 1.807) is 0 Å². The van der Waals surface area contributed by atoms with E-state index in [1.165, 1.54) is 148 Å². The fourth-order valence-corrected chi connectivity index (χ4v) is 5.94. The second kappa shape index (κ2) is 36.7. The van der Waals surface area contributed by atoms with Crippen molar-refractivity contribution in [1.29, 1.82) is 0 Å². The Labute approximate surface area is 289 Å². The van der Waals surface area contributed by atoms with E-state index in [9.17, 15) is 5.11 Å². The van der Waals surface area contributed by atoms with Gasteiger partial charge in [0, 0.05) is 6.61 Å². The maximum absolute atomic E-state index is 10.3. The summed E-state index contributed by atoms with van der Waals surface area (Å²) in [5, 5.41) is 10.3. The van der Waals surface area contributed by atoms with Crippen molar-refractivity contribution in [3.05, 3.63) is 48.6 Å². The van der Waals surface area contributed by atoms with Gasteiger partial charge < -0.3 is 9.84 Å². The highest BCUT2D eigenvalue weighted by Gasteiger charge is 2.31. The summed E-state index contributed by atoms with van der Waals surface area (Å²) in [6, 6.07) is 0. The van der Waals surface area contributed by atoms with E-state index in [4.69, 9.17) is 4.74 Å². The van der Waals surface area contributed by atoms with Crippen LogP contribution in [0.25, 0.3) is 0 Å². The highest BCUT2D eigenvalue weighted by molar-refractivity contribution is 4.93. The summed E-state index contributed by atoms with van der Waals surface area (Å²) in [5.41, 5.74) is -0.239. The van der Waals surface area contributed by atoms with Gasteiger partial charge in [0.25, 0.3) is 0 Å². The van der Waals surface area contributed by atoms with E-state index in [0.29, 0.717) is 6.61 Å². The molecule has 0 saturated heterocycles. The Bertz CT molecular complexity index is 656. The highest BCUT2D eigenvalue weighted by atomic mass is 16.5. The molecule has 1 N–H and O–H groups in total. The maximum atomic E-state index is 10.3. The van der Waals surface area contributed by atoms with Crippen molar-refractivity contribution in [2.24, 2.45) is 0 Å². The normalized spacial score (nSPS) is 13.9. The lowest BCUT2D eigenvalue weighted by Gasteiger charge is -2.38. The lowest BCUT2D eigenvalue weighted by molar-refractivity contribution is -0.0254. The Hall–Kier alpha value is -1.16. The van der Waals surface area contributed by atoms with Crippen LogP contribution < -0.4 is 0 Å². The zero-order valence-electron chi connectivity index (χ0n) is 31.6. The largest absolute Gasteiger partial charge is 0.394 e. The van der Waals surface area contributed by atoms with Crippen LogP contribution >= 0.6 is 0 Å². The molecule has 0 amide bonds. The first-order valence-corrected chi connectivity index (χ1v) is 20.1. The van der Waals surface area contributed by atoms with Gasteiger partial charge in [0.1, 0.15) is 0 Å². The van der Waals surface area contributed by atoms with Gasteiger partial charge in [-0.3, -0.25) is 4.90 Å². The number of ether oxygens (including phenoxy) is 1. The zero-order valence-corrected chi connectivity index (χ0v) is 31.6. The number of aliphatic hydroxyl groups is 1. The molecule has 0 fully saturated rings. The van der Waals surface area contributed by atoms with E-state index in [-0.39, 0.29) is 12.1 Å². The third kappa shape index (κ3) is 30.2. The fraction of sp³-hybridized carbons (Fsp3) is 0.814. The number of rotatable bonds is 36. The van der Waals surface area contributed by atoms with Crippen molar-refractivity contribution < 1.29 is 9.84 Å². The standard InChI is InChI=1S/C43H81NO2/c1-5-7-9-11-13-15-17-19-21-23-24-25-27-29-31-33-35-37-39-43(41-45,44(3)4)42-46-40-38-36-34-32-30-28-26-22-20-18-16-14-12-10-8-6-2/h13-16,19-22,45H,5-12,17-18,23-42H2,1-4H3/b15-13-,16-14-,21-19-,22-20-. The van der Waals surface area contributed by atoms with Crippen molar-refractivity contribution >= 4 is 0 Å². The molecule has 0 aliphatic heterocycles. The van der Waals surface area contributed by atoms with Gasteiger partial charge >= 0.3 is 0 Å². The van der Waals surface area contributed by atoms with Crippen LogP contribution in [0.3, 0.4) is 0 Å². The molecule has 0 heterocycles. The summed E-state index contributed by atoms with van der Waals surface area (Å²) in [6.45, 7) is 6.15. The van der Waals surface area contributed by atoms with Crippen LogP contribution in [0.5, 0.6) is 0 Å². The molecule has 0 spiro atoms. The van der Waals surface area contributed by atoms with E-state index in [2.05, 4.69) is 81.5 Å². The Morgan fingerprint density at radius 2 is 0.848 bits per heavy atom. The molecule has 0 rings (SSSR count). The summed E-state index contributed by atoms with van der Waals surface area (Å²) in [4.78, 5) is 2.20. The smallest absolute Gasteiger partial charge is 0.0672 e. The number of allylic oxidation sites excluding steroid dienone is 8. The number of aliphatic hydroxyl groups excluding tert-OH is 1. The van der Waals surface area contributed by atoms with Crippen LogP contribution in [0.2, 0.25) is 0 Å². The number of nitrogens with zero attached hydrogens (tertiary/aromatic N) is 1. The van der Waals surface area contributed by atoms with E-state index in [1.807, 2.05) is 0 Å². The van der Waals surface area contributed by atoms with Crippen LogP contribution in [-0.4, -0.2) is 49.5 Å². The summed E-state index contributed by atoms with van der Waals surface area (Å²) in [5.74, 6) is 0. The topological polar surface area (TPSA) is 32.7 Å². The molecule has 0 saturated carbocycles. The first-order valence-electron chi connectivity index (χ1n) is 20.1. The lowest BCUT2D eigenvalue weighted by Crippen LogP contribution is -2.51. The van der Waals surface area contributed by atoms with Crippen molar-refractivity contribution in [3.8, 4) is 0 Å².